The summed E-state index contributed by atoms with van der Waals surface area (Å²) in [6.07, 6.45) is 1.63. The van der Waals surface area contributed by atoms with E-state index in [2.05, 4.69) is 45.0 Å². The van der Waals surface area contributed by atoms with Gasteiger partial charge < -0.3 is 24.1 Å². The summed E-state index contributed by atoms with van der Waals surface area (Å²) >= 11 is 0. The van der Waals surface area contributed by atoms with Gasteiger partial charge in [0.25, 0.3) is 8.32 Å². The van der Waals surface area contributed by atoms with Gasteiger partial charge in [0.15, 0.2) is 0 Å². The Hall–Kier alpha value is -2.58. The van der Waals surface area contributed by atoms with E-state index in [1.807, 2.05) is 66.7 Å². The molecule has 0 saturated carbocycles. The summed E-state index contributed by atoms with van der Waals surface area (Å²) in [6, 6.07) is 30.7. The first-order chi connectivity index (χ1) is 17.8. The Morgan fingerprint density at radius 3 is 1.86 bits per heavy atom. The van der Waals surface area contributed by atoms with Gasteiger partial charge in [0.05, 0.1) is 25.4 Å². The van der Waals surface area contributed by atoms with E-state index in [1.165, 1.54) is 10.4 Å². The molecule has 5 nitrogen and oxygen atoms in total. The first-order valence-corrected chi connectivity index (χ1v) is 14.7. The minimum absolute atomic E-state index is 0.140. The molecule has 2 atom stereocenters. The molecule has 3 aromatic carbocycles. The largest absolute Gasteiger partial charge is 0.407 e. The number of aliphatic hydroxyl groups excluding tert-OH is 2. The van der Waals surface area contributed by atoms with E-state index in [-0.39, 0.29) is 18.4 Å². The highest BCUT2D eigenvalue weighted by molar-refractivity contribution is 6.99. The van der Waals surface area contributed by atoms with Crippen LogP contribution in [0.1, 0.15) is 32.8 Å². The van der Waals surface area contributed by atoms with Crippen LogP contribution in [0.2, 0.25) is 5.04 Å². The summed E-state index contributed by atoms with van der Waals surface area (Å²) < 4.78 is 17.7. The van der Waals surface area contributed by atoms with E-state index >= 15 is 0 Å². The van der Waals surface area contributed by atoms with E-state index in [9.17, 15) is 10.2 Å². The third-order valence-corrected chi connectivity index (χ3v) is 11.4. The first-order valence-electron chi connectivity index (χ1n) is 12.8. The van der Waals surface area contributed by atoms with Crippen molar-refractivity contribution in [1.29, 1.82) is 0 Å². The molecule has 3 aromatic rings. The lowest BCUT2D eigenvalue weighted by molar-refractivity contribution is -0.0522. The molecule has 0 radical (unpaired) electrons. The highest BCUT2D eigenvalue weighted by Gasteiger charge is 2.50. The Bertz CT molecular complexity index is 1010. The van der Waals surface area contributed by atoms with Crippen LogP contribution >= 0.6 is 0 Å². The summed E-state index contributed by atoms with van der Waals surface area (Å²) in [7, 11) is -2.66. The summed E-state index contributed by atoms with van der Waals surface area (Å²) in [5, 5.41) is 23.3. The second-order valence-electron chi connectivity index (χ2n) is 10.1. The van der Waals surface area contributed by atoms with Gasteiger partial charge in [-0.05, 0) is 27.4 Å². The summed E-state index contributed by atoms with van der Waals surface area (Å²) in [6.45, 7) is 7.92. The fourth-order valence-electron chi connectivity index (χ4n) is 4.50. The average Bonchev–Trinajstić information content (AvgIpc) is 2.91. The monoisotopic (exact) mass is 520 g/mol. The molecule has 0 bridgehead atoms. The van der Waals surface area contributed by atoms with E-state index < -0.39 is 20.5 Å². The third kappa shape index (κ3) is 8.20. The number of ether oxygens (including phenoxy) is 2. The molecule has 0 unspecified atom stereocenters. The topological polar surface area (TPSA) is 68.2 Å². The number of rotatable bonds is 14. The van der Waals surface area contributed by atoms with Gasteiger partial charge in [0.2, 0.25) is 0 Å². The van der Waals surface area contributed by atoms with Crippen molar-refractivity contribution in [3.63, 3.8) is 0 Å². The highest BCUT2D eigenvalue weighted by atomic mass is 28.4. The van der Waals surface area contributed by atoms with Gasteiger partial charge in [-0.2, -0.15) is 0 Å². The van der Waals surface area contributed by atoms with Crippen molar-refractivity contribution in [3.8, 4) is 0 Å². The van der Waals surface area contributed by atoms with E-state index in [4.69, 9.17) is 13.9 Å². The molecule has 0 aromatic heterocycles. The fraction of sp³-hybridized carbons (Fsp3) is 0.355. The van der Waals surface area contributed by atoms with Crippen molar-refractivity contribution in [2.75, 3.05) is 20.0 Å². The Kier molecular flexibility index (Phi) is 11.3. The normalized spacial score (nSPS) is 14.1. The van der Waals surface area contributed by atoms with Crippen molar-refractivity contribution < 1.29 is 24.1 Å². The molecule has 0 amide bonds. The lowest BCUT2D eigenvalue weighted by Gasteiger charge is -2.43. The molecular formula is C31H40O5Si. The van der Waals surface area contributed by atoms with Gasteiger partial charge in [0, 0.05) is 6.61 Å². The summed E-state index contributed by atoms with van der Waals surface area (Å²) in [5.41, 5.74) is 1.08. The lowest BCUT2D eigenvalue weighted by Crippen LogP contribution is -2.66. The molecule has 0 saturated heterocycles. The molecule has 0 aliphatic heterocycles. The second-order valence-corrected chi connectivity index (χ2v) is 14.4. The SMILES string of the molecule is CC(C)(C)[Si](OCC[C@@H](O)[C@@H](O)/C=C/COCOCc1ccccc1)(c1ccccc1)c1ccccc1. The molecule has 3 rings (SSSR count). The van der Waals surface area contributed by atoms with Crippen LogP contribution in [0.5, 0.6) is 0 Å². The van der Waals surface area contributed by atoms with Crippen molar-refractivity contribution in [2.45, 2.75) is 51.0 Å². The number of hydrogen-bond donors (Lipinski definition) is 2. The zero-order valence-electron chi connectivity index (χ0n) is 22.1. The number of aliphatic hydroxyl groups is 2. The van der Waals surface area contributed by atoms with Crippen LogP contribution in [0.25, 0.3) is 0 Å². The minimum Gasteiger partial charge on any atom is -0.407 e. The molecule has 0 fully saturated rings. The first kappa shape index (κ1) is 29.0. The number of benzene rings is 3. The third-order valence-electron chi connectivity index (χ3n) is 6.37. The van der Waals surface area contributed by atoms with Crippen LogP contribution in [0.15, 0.2) is 103 Å². The minimum atomic E-state index is -2.66. The Morgan fingerprint density at radius 2 is 1.32 bits per heavy atom. The van der Waals surface area contributed by atoms with E-state index in [1.54, 1.807) is 12.2 Å². The van der Waals surface area contributed by atoms with Gasteiger partial charge >= 0.3 is 0 Å². The molecule has 2 N–H and O–H groups in total. The van der Waals surface area contributed by atoms with Crippen LogP contribution in [0.3, 0.4) is 0 Å². The van der Waals surface area contributed by atoms with Crippen LogP contribution in [0.4, 0.5) is 0 Å². The molecule has 0 aliphatic carbocycles. The van der Waals surface area contributed by atoms with Gasteiger partial charge in [-0.1, -0.05) is 124 Å². The molecule has 0 heterocycles. The standard InChI is InChI=1S/C31H40O5Si/c1-31(2,3)37(27-16-9-5-10-17-27,28-18-11-6-12-19-28)36-23-21-30(33)29(32)20-13-22-34-25-35-24-26-14-7-4-8-15-26/h4-20,29-30,32-33H,21-25H2,1-3H3/b20-13+/t29-,30+/m0/s1. The zero-order chi connectivity index (χ0) is 26.6. The maximum atomic E-state index is 10.6. The summed E-state index contributed by atoms with van der Waals surface area (Å²) in [5.74, 6) is 0. The van der Waals surface area contributed by atoms with Gasteiger partial charge in [-0.25, -0.2) is 0 Å². The van der Waals surface area contributed by atoms with Crippen LogP contribution < -0.4 is 10.4 Å². The fourth-order valence-corrected chi connectivity index (χ4v) is 9.08. The van der Waals surface area contributed by atoms with E-state index in [0.717, 1.165) is 5.56 Å². The molecular weight excluding hydrogens is 480 g/mol. The van der Waals surface area contributed by atoms with Crippen molar-refractivity contribution >= 4 is 18.7 Å². The van der Waals surface area contributed by atoms with Crippen molar-refractivity contribution in [1.82, 2.24) is 0 Å². The maximum absolute atomic E-state index is 10.6. The molecule has 0 aliphatic rings. The van der Waals surface area contributed by atoms with Crippen LogP contribution in [-0.4, -0.2) is 50.7 Å². The van der Waals surface area contributed by atoms with E-state index in [0.29, 0.717) is 19.6 Å². The predicted octanol–water partition coefficient (Wildman–Crippen LogP) is 4.42. The molecule has 198 valence electrons. The smallest absolute Gasteiger partial charge is 0.261 e. The maximum Gasteiger partial charge on any atom is 0.261 e. The Balaban J connectivity index is 1.52. The average molecular weight is 521 g/mol. The second kappa shape index (κ2) is 14.4. The molecule has 6 heteroatoms. The zero-order valence-corrected chi connectivity index (χ0v) is 23.1. The van der Waals surface area contributed by atoms with Gasteiger partial charge in [-0.15, -0.1) is 0 Å². The number of hydrogen-bond acceptors (Lipinski definition) is 5. The Labute approximate surface area is 222 Å². The molecule has 0 spiro atoms. The Morgan fingerprint density at radius 1 is 0.784 bits per heavy atom. The van der Waals surface area contributed by atoms with Crippen molar-refractivity contribution in [2.24, 2.45) is 0 Å². The lowest BCUT2D eigenvalue weighted by atomic mass is 10.1. The summed E-state index contributed by atoms with van der Waals surface area (Å²) in [4.78, 5) is 0. The predicted molar refractivity (Wildman–Crippen MR) is 151 cm³/mol. The van der Waals surface area contributed by atoms with Crippen LogP contribution in [0, 0.1) is 0 Å². The van der Waals surface area contributed by atoms with Crippen LogP contribution in [-0.2, 0) is 20.5 Å². The quantitative estimate of drug-likeness (QED) is 0.143. The van der Waals surface area contributed by atoms with Gasteiger partial charge in [0.1, 0.15) is 6.79 Å². The van der Waals surface area contributed by atoms with Gasteiger partial charge in [-0.3, -0.25) is 0 Å². The molecule has 37 heavy (non-hydrogen) atoms. The van der Waals surface area contributed by atoms with Crippen molar-refractivity contribution in [3.05, 3.63) is 109 Å². The highest BCUT2D eigenvalue weighted by Crippen LogP contribution is 2.36.